The lowest BCUT2D eigenvalue weighted by Crippen LogP contribution is -2.33. The fourth-order valence-electron chi connectivity index (χ4n) is 5.15. The van der Waals surface area contributed by atoms with Crippen LogP contribution in [0, 0.1) is 11.7 Å². The molecule has 3 unspecified atom stereocenters. The maximum absolute atomic E-state index is 13.9. The Hall–Kier alpha value is -3.93. The second kappa shape index (κ2) is 10.8. The van der Waals surface area contributed by atoms with Gasteiger partial charge < -0.3 is 10.1 Å². The topological polar surface area (TPSA) is 97.7 Å². The number of aromatic nitrogens is 1. The number of anilines is 2. The molecular weight excluding hydrogens is 589 g/mol. The molecule has 4 aromatic rings. The number of amides is 3. The summed E-state index contributed by atoms with van der Waals surface area (Å²) in [6, 6.07) is 18.9. The van der Waals surface area contributed by atoms with Gasteiger partial charge in [0.25, 0.3) is 0 Å². The number of carbonyl (C=O) groups excluding carboxylic acids is 3. The van der Waals surface area contributed by atoms with Crippen LogP contribution in [0.1, 0.15) is 16.4 Å². The quantitative estimate of drug-likeness (QED) is 0.304. The van der Waals surface area contributed by atoms with E-state index < -0.39 is 34.7 Å². The minimum absolute atomic E-state index is 0.315. The highest BCUT2D eigenvalue weighted by Gasteiger charge is 2.56. The van der Waals surface area contributed by atoms with Crippen molar-refractivity contribution in [1.82, 2.24) is 4.57 Å². The van der Waals surface area contributed by atoms with Crippen LogP contribution in [0.3, 0.4) is 0 Å². The number of nitrogens with one attached hydrogen (secondary N) is 1. The predicted molar refractivity (Wildman–Crippen MR) is 156 cm³/mol. The van der Waals surface area contributed by atoms with Crippen LogP contribution in [0.2, 0.25) is 5.02 Å². The molecule has 1 aromatic heterocycles. The number of hydrogen-bond acceptors (Lipinski definition) is 7. The van der Waals surface area contributed by atoms with Crippen molar-refractivity contribution in [2.24, 2.45) is 5.92 Å². The van der Waals surface area contributed by atoms with Gasteiger partial charge in [-0.1, -0.05) is 46.8 Å². The smallest absolute Gasteiger partial charge is 0.308 e. The first-order chi connectivity index (χ1) is 19.7. The number of ether oxygens (including phenoxy) is 1. The molecule has 0 saturated carbocycles. The van der Waals surface area contributed by atoms with Gasteiger partial charge in [-0.3, -0.25) is 23.7 Å². The average Bonchev–Trinajstić information content (AvgIpc) is 3.41. The normalized spacial score (nSPS) is 19.6. The van der Waals surface area contributed by atoms with Crippen LogP contribution in [-0.2, 0) is 20.9 Å². The zero-order chi connectivity index (χ0) is 28.8. The molecule has 0 radical (unpaired) electrons. The molecule has 3 atom stereocenters. The Bertz CT molecular complexity index is 1720. The Kier molecular flexibility index (Phi) is 7.18. The number of imide groups is 1. The van der Waals surface area contributed by atoms with E-state index in [4.69, 9.17) is 16.3 Å². The van der Waals surface area contributed by atoms with Crippen molar-refractivity contribution in [3.8, 4) is 5.75 Å². The van der Waals surface area contributed by atoms with E-state index in [9.17, 15) is 23.6 Å². The molecule has 3 aromatic carbocycles. The van der Waals surface area contributed by atoms with Gasteiger partial charge in [0.15, 0.2) is 0 Å². The molecule has 2 aliphatic rings. The maximum atomic E-state index is 13.9. The van der Waals surface area contributed by atoms with Gasteiger partial charge in [0.2, 0.25) is 17.7 Å². The summed E-state index contributed by atoms with van der Waals surface area (Å²) in [5, 5.41) is 2.82. The van der Waals surface area contributed by atoms with Gasteiger partial charge in [-0.15, -0.1) is 0 Å². The van der Waals surface area contributed by atoms with E-state index in [0.29, 0.717) is 32.1 Å². The fourth-order valence-corrected chi connectivity index (χ4v) is 8.05. The highest BCUT2D eigenvalue weighted by Crippen LogP contribution is 2.54. The molecule has 41 heavy (non-hydrogen) atoms. The molecule has 1 N–H and O–H groups in total. The summed E-state index contributed by atoms with van der Waals surface area (Å²) in [5.74, 6) is -2.49. The molecule has 208 valence electrons. The van der Waals surface area contributed by atoms with Gasteiger partial charge in [0.05, 0.1) is 23.7 Å². The maximum Gasteiger partial charge on any atom is 0.308 e. The van der Waals surface area contributed by atoms with Crippen LogP contribution in [-0.4, -0.2) is 34.6 Å². The molecule has 1 saturated heterocycles. The van der Waals surface area contributed by atoms with Crippen LogP contribution < -0.4 is 19.8 Å². The van der Waals surface area contributed by atoms with Crippen molar-refractivity contribution in [2.75, 3.05) is 17.3 Å². The van der Waals surface area contributed by atoms with Crippen LogP contribution in [0.15, 0.2) is 82.6 Å². The number of rotatable bonds is 6. The summed E-state index contributed by atoms with van der Waals surface area (Å²) in [4.78, 5) is 55.3. The Morgan fingerprint density at radius 2 is 1.66 bits per heavy atom. The number of methoxy groups -OCH3 is 1. The van der Waals surface area contributed by atoms with Gasteiger partial charge in [-0.2, -0.15) is 0 Å². The first-order valence-electron chi connectivity index (χ1n) is 12.5. The summed E-state index contributed by atoms with van der Waals surface area (Å²) in [5.41, 5.74) is 1.53. The van der Waals surface area contributed by atoms with E-state index in [2.05, 4.69) is 5.32 Å². The number of thiazole rings is 1. The minimum Gasteiger partial charge on any atom is -0.497 e. The third kappa shape index (κ3) is 4.94. The van der Waals surface area contributed by atoms with E-state index in [0.717, 1.165) is 28.7 Å². The van der Waals surface area contributed by atoms with Crippen molar-refractivity contribution in [1.29, 1.82) is 0 Å². The van der Waals surface area contributed by atoms with Crippen molar-refractivity contribution in [3.05, 3.63) is 104 Å². The van der Waals surface area contributed by atoms with Gasteiger partial charge >= 0.3 is 4.87 Å². The third-order valence-electron chi connectivity index (χ3n) is 7.04. The van der Waals surface area contributed by atoms with Crippen LogP contribution in [0.4, 0.5) is 15.8 Å². The van der Waals surface area contributed by atoms with Crippen molar-refractivity contribution < 1.29 is 23.5 Å². The van der Waals surface area contributed by atoms with Gasteiger partial charge in [-0.05, 0) is 66.2 Å². The molecule has 3 amide bonds. The molecule has 0 aliphatic carbocycles. The number of thioether (sulfide) groups is 1. The third-order valence-corrected chi connectivity index (χ3v) is 9.89. The number of halogens is 2. The Morgan fingerprint density at radius 1 is 0.976 bits per heavy atom. The van der Waals surface area contributed by atoms with Gasteiger partial charge in [0, 0.05) is 21.5 Å². The zero-order valence-corrected chi connectivity index (χ0v) is 23.8. The Labute approximate surface area is 246 Å². The summed E-state index contributed by atoms with van der Waals surface area (Å²) >= 11 is 8.22. The van der Waals surface area contributed by atoms with Crippen LogP contribution in [0.5, 0.6) is 5.75 Å². The average molecular weight is 610 g/mol. The lowest BCUT2D eigenvalue weighted by atomic mass is 9.83. The second-order valence-corrected chi connectivity index (χ2v) is 12.0. The molecule has 8 nitrogen and oxygen atoms in total. The Balaban J connectivity index is 1.39. The van der Waals surface area contributed by atoms with Crippen molar-refractivity contribution >= 4 is 63.8 Å². The molecule has 3 heterocycles. The fraction of sp³-hybridized carbons (Fsp3) is 0.172. The molecule has 1 fully saturated rings. The highest BCUT2D eigenvalue weighted by molar-refractivity contribution is 8.00. The number of fused-ring (bicyclic) bond motifs is 2. The molecule has 6 rings (SSSR count). The number of carbonyl (C=O) groups is 3. The predicted octanol–water partition coefficient (Wildman–Crippen LogP) is 5.15. The van der Waals surface area contributed by atoms with E-state index >= 15 is 0 Å². The standard InChI is InChI=1S/C29H21ClFN3O5S2/c1-39-20-12-10-19(11-13-20)34-26(36)23-22(15-2-4-16(30)5-3-15)25-28(40-24(23)27(34)37)33(29(38)41-25)14-21(35)32-18-8-6-17(31)7-9-18/h2-13,22-24H,14H2,1H3,(H,32,35). The van der Waals surface area contributed by atoms with E-state index in [1.54, 1.807) is 48.5 Å². The molecule has 12 heteroatoms. The Morgan fingerprint density at radius 3 is 2.32 bits per heavy atom. The van der Waals surface area contributed by atoms with Crippen LogP contribution >= 0.6 is 34.7 Å². The van der Waals surface area contributed by atoms with Gasteiger partial charge in [0.1, 0.15) is 23.4 Å². The SMILES string of the molecule is COc1ccc(N2C(=O)C3Sc4c(sc(=O)n4CC(=O)Nc4ccc(F)cc4)C(c4ccc(Cl)cc4)C3C2=O)cc1. The zero-order valence-electron chi connectivity index (χ0n) is 21.4. The van der Waals surface area contributed by atoms with Gasteiger partial charge in [-0.25, -0.2) is 9.29 Å². The first-order valence-corrected chi connectivity index (χ1v) is 14.6. The summed E-state index contributed by atoms with van der Waals surface area (Å²) in [6.45, 7) is -0.315. The second-order valence-electron chi connectivity index (χ2n) is 9.48. The number of nitrogens with zero attached hydrogens (tertiary/aromatic N) is 2. The van der Waals surface area contributed by atoms with Crippen LogP contribution in [0.25, 0.3) is 0 Å². The van der Waals surface area contributed by atoms with Crippen molar-refractivity contribution in [3.63, 3.8) is 0 Å². The lowest BCUT2D eigenvalue weighted by Gasteiger charge is -2.30. The minimum atomic E-state index is -0.821. The molecular formula is C29H21ClFN3O5S2. The van der Waals surface area contributed by atoms with Crippen molar-refractivity contribution in [2.45, 2.75) is 22.7 Å². The monoisotopic (exact) mass is 609 g/mol. The lowest BCUT2D eigenvalue weighted by molar-refractivity contribution is -0.122. The summed E-state index contributed by atoms with van der Waals surface area (Å²) < 4.78 is 19.8. The largest absolute Gasteiger partial charge is 0.497 e. The summed E-state index contributed by atoms with van der Waals surface area (Å²) in [7, 11) is 1.53. The molecule has 2 aliphatic heterocycles. The number of hydrogen-bond donors (Lipinski definition) is 1. The first kappa shape index (κ1) is 27.3. The van der Waals surface area contributed by atoms with E-state index in [1.165, 1.54) is 40.8 Å². The van der Waals surface area contributed by atoms with E-state index in [1.807, 2.05) is 0 Å². The highest BCUT2D eigenvalue weighted by atomic mass is 35.5. The molecule has 0 spiro atoms. The molecule has 0 bridgehead atoms. The summed E-state index contributed by atoms with van der Waals surface area (Å²) in [6.07, 6.45) is 0. The van der Waals surface area contributed by atoms with E-state index in [-0.39, 0.29) is 17.3 Å². The number of benzene rings is 3.